The van der Waals surface area contributed by atoms with Crippen LogP contribution in [0.3, 0.4) is 0 Å². The largest absolute Gasteiger partial charge is 0.479 e. The molecule has 1 rings (SSSR count). The maximum Gasteiger partial charge on any atom is 0.221 e. The standard InChI is InChI=1S/C10H10N2O2/c11-5-6-14-9-3-1-8(2-4-9)7-10(12)13/h1-4H,6-7H2,(H2,12,13). The Morgan fingerprint density at radius 3 is 2.57 bits per heavy atom. The van der Waals surface area contributed by atoms with Gasteiger partial charge in [0.15, 0.2) is 6.61 Å². The van der Waals surface area contributed by atoms with Crippen LogP contribution in [0.15, 0.2) is 24.3 Å². The summed E-state index contributed by atoms with van der Waals surface area (Å²) in [6.45, 7) is 0.0230. The fraction of sp³-hybridized carbons (Fsp3) is 0.200. The average molecular weight is 190 g/mol. The Bertz CT molecular complexity index is 351. The molecule has 0 spiro atoms. The van der Waals surface area contributed by atoms with Gasteiger partial charge in [0.1, 0.15) is 11.8 Å². The number of benzene rings is 1. The van der Waals surface area contributed by atoms with Crippen molar-refractivity contribution in [2.75, 3.05) is 6.61 Å². The van der Waals surface area contributed by atoms with Crippen molar-refractivity contribution in [1.29, 1.82) is 5.26 Å². The van der Waals surface area contributed by atoms with Crippen molar-refractivity contribution in [1.82, 2.24) is 0 Å². The fourth-order valence-electron chi connectivity index (χ4n) is 1.02. The van der Waals surface area contributed by atoms with Gasteiger partial charge in [0.05, 0.1) is 6.42 Å². The predicted octanol–water partition coefficient (Wildman–Crippen LogP) is 0.617. The molecule has 14 heavy (non-hydrogen) atoms. The van der Waals surface area contributed by atoms with Gasteiger partial charge in [-0.3, -0.25) is 4.79 Å². The van der Waals surface area contributed by atoms with Crippen LogP contribution in [0.4, 0.5) is 0 Å². The predicted molar refractivity (Wildman–Crippen MR) is 50.4 cm³/mol. The monoisotopic (exact) mass is 190 g/mol. The molecule has 0 fully saturated rings. The number of nitriles is 1. The molecule has 72 valence electrons. The summed E-state index contributed by atoms with van der Waals surface area (Å²) in [5.74, 6) is 0.246. The number of rotatable bonds is 4. The van der Waals surface area contributed by atoms with E-state index < -0.39 is 0 Å². The van der Waals surface area contributed by atoms with E-state index in [2.05, 4.69) is 0 Å². The summed E-state index contributed by atoms with van der Waals surface area (Å²) < 4.78 is 5.04. The first kappa shape index (κ1) is 10.1. The van der Waals surface area contributed by atoms with Gasteiger partial charge in [-0.1, -0.05) is 12.1 Å². The lowest BCUT2D eigenvalue weighted by Gasteiger charge is -2.02. The smallest absolute Gasteiger partial charge is 0.221 e. The van der Waals surface area contributed by atoms with E-state index in [0.717, 1.165) is 5.56 Å². The van der Waals surface area contributed by atoms with Crippen LogP contribution in [0.5, 0.6) is 5.75 Å². The van der Waals surface area contributed by atoms with Crippen molar-refractivity contribution in [2.45, 2.75) is 6.42 Å². The first-order valence-electron chi connectivity index (χ1n) is 4.09. The van der Waals surface area contributed by atoms with Crippen LogP contribution in [-0.2, 0) is 11.2 Å². The zero-order valence-electron chi connectivity index (χ0n) is 7.56. The molecule has 1 aromatic carbocycles. The van der Waals surface area contributed by atoms with Crippen molar-refractivity contribution in [2.24, 2.45) is 5.73 Å². The van der Waals surface area contributed by atoms with Gasteiger partial charge in [-0.15, -0.1) is 0 Å². The second-order valence-electron chi connectivity index (χ2n) is 2.73. The van der Waals surface area contributed by atoms with Crippen molar-refractivity contribution in [3.05, 3.63) is 29.8 Å². The number of primary amides is 1. The van der Waals surface area contributed by atoms with Gasteiger partial charge in [0, 0.05) is 0 Å². The second-order valence-corrected chi connectivity index (χ2v) is 2.73. The zero-order chi connectivity index (χ0) is 10.4. The Labute approximate surface area is 81.9 Å². The number of ether oxygens (including phenoxy) is 1. The van der Waals surface area contributed by atoms with Gasteiger partial charge in [0.25, 0.3) is 0 Å². The molecular formula is C10H10N2O2. The van der Waals surface area contributed by atoms with Gasteiger partial charge in [0.2, 0.25) is 5.91 Å². The van der Waals surface area contributed by atoms with Crippen molar-refractivity contribution in [3.63, 3.8) is 0 Å². The molecule has 4 nitrogen and oxygen atoms in total. The van der Waals surface area contributed by atoms with Crippen molar-refractivity contribution >= 4 is 5.91 Å². The Morgan fingerprint density at radius 1 is 1.43 bits per heavy atom. The van der Waals surface area contributed by atoms with E-state index in [0.29, 0.717) is 5.75 Å². The number of hydrogen-bond donors (Lipinski definition) is 1. The van der Waals surface area contributed by atoms with Crippen LogP contribution in [-0.4, -0.2) is 12.5 Å². The van der Waals surface area contributed by atoms with Gasteiger partial charge in [-0.2, -0.15) is 5.26 Å². The minimum absolute atomic E-state index is 0.0230. The molecule has 0 heterocycles. The van der Waals surface area contributed by atoms with Crippen LogP contribution < -0.4 is 10.5 Å². The summed E-state index contributed by atoms with van der Waals surface area (Å²) in [5, 5.41) is 8.26. The third kappa shape index (κ3) is 3.15. The summed E-state index contributed by atoms with van der Waals surface area (Å²) in [6, 6.07) is 8.77. The van der Waals surface area contributed by atoms with Crippen molar-refractivity contribution in [3.8, 4) is 11.8 Å². The van der Waals surface area contributed by atoms with E-state index >= 15 is 0 Å². The second kappa shape index (κ2) is 4.87. The Hall–Kier alpha value is -2.02. The molecule has 0 aromatic heterocycles. The highest BCUT2D eigenvalue weighted by Gasteiger charge is 1.98. The van der Waals surface area contributed by atoms with Crippen LogP contribution >= 0.6 is 0 Å². The third-order valence-corrected chi connectivity index (χ3v) is 1.61. The maximum absolute atomic E-state index is 10.6. The summed E-state index contributed by atoms with van der Waals surface area (Å²) in [5.41, 5.74) is 5.86. The molecule has 2 N–H and O–H groups in total. The van der Waals surface area contributed by atoms with Crippen LogP contribution in [0.1, 0.15) is 5.56 Å². The molecule has 0 bridgehead atoms. The molecule has 1 amide bonds. The van der Waals surface area contributed by atoms with E-state index in [4.69, 9.17) is 15.7 Å². The maximum atomic E-state index is 10.6. The first-order chi connectivity index (χ1) is 6.72. The molecule has 0 radical (unpaired) electrons. The summed E-state index contributed by atoms with van der Waals surface area (Å²) >= 11 is 0. The number of carbonyl (C=O) groups excluding carboxylic acids is 1. The molecule has 0 unspecified atom stereocenters. The zero-order valence-corrected chi connectivity index (χ0v) is 7.56. The van der Waals surface area contributed by atoms with E-state index in [-0.39, 0.29) is 18.9 Å². The summed E-state index contributed by atoms with van der Waals surface area (Å²) in [4.78, 5) is 10.6. The molecule has 4 heteroatoms. The summed E-state index contributed by atoms with van der Waals surface area (Å²) in [7, 11) is 0. The number of nitrogens with zero attached hydrogens (tertiary/aromatic N) is 1. The van der Waals surface area contributed by atoms with E-state index in [1.807, 2.05) is 6.07 Å². The highest BCUT2D eigenvalue weighted by Crippen LogP contribution is 2.12. The minimum Gasteiger partial charge on any atom is -0.479 e. The minimum atomic E-state index is -0.365. The number of carbonyl (C=O) groups is 1. The molecule has 0 aliphatic carbocycles. The Morgan fingerprint density at radius 2 is 2.07 bits per heavy atom. The number of amides is 1. The Kier molecular flexibility index (Phi) is 3.50. The normalized spacial score (nSPS) is 9.07. The SMILES string of the molecule is N#CCOc1ccc(CC(N)=O)cc1. The third-order valence-electron chi connectivity index (χ3n) is 1.61. The lowest BCUT2D eigenvalue weighted by molar-refractivity contribution is -0.117. The first-order valence-corrected chi connectivity index (χ1v) is 4.09. The van der Waals surface area contributed by atoms with Gasteiger partial charge >= 0.3 is 0 Å². The molecule has 0 saturated carbocycles. The highest BCUT2D eigenvalue weighted by atomic mass is 16.5. The van der Waals surface area contributed by atoms with Gasteiger partial charge in [-0.25, -0.2) is 0 Å². The molecular weight excluding hydrogens is 180 g/mol. The molecule has 1 aromatic rings. The lowest BCUT2D eigenvalue weighted by Crippen LogP contribution is -2.13. The molecule has 0 aliphatic rings. The number of hydrogen-bond acceptors (Lipinski definition) is 3. The fourth-order valence-corrected chi connectivity index (χ4v) is 1.02. The van der Waals surface area contributed by atoms with E-state index in [1.54, 1.807) is 24.3 Å². The molecule has 0 saturated heterocycles. The molecule has 0 atom stereocenters. The molecule has 0 aliphatic heterocycles. The van der Waals surface area contributed by atoms with E-state index in [9.17, 15) is 4.79 Å². The van der Waals surface area contributed by atoms with Crippen molar-refractivity contribution < 1.29 is 9.53 Å². The lowest BCUT2D eigenvalue weighted by atomic mass is 10.1. The van der Waals surface area contributed by atoms with Gasteiger partial charge < -0.3 is 10.5 Å². The topological polar surface area (TPSA) is 76.1 Å². The highest BCUT2D eigenvalue weighted by molar-refractivity contribution is 5.76. The number of nitrogens with two attached hydrogens (primary N) is 1. The van der Waals surface area contributed by atoms with Crippen LogP contribution in [0, 0.1) is 11.3 Å². The summed E-state index contributed by atoms with van der Waals surface area (Å²) in [6.07, 6.45) is 0.221. The van der Waals surface area contributed by atoms with Gasteiger partial charge in [-0.05, 0) is 17.7 Å². The average Bonchev–Trinajstić information content (AvgIpc) is 2.16. The quantitative estimate of drug-likeness (QED) is 0.755. The Balaban J connectivity index is 2.60. The van der Waals surface area contributed by atoms with E-state index in [1.165, 1.54) is 0 Å². The van der Waals surface area contributed by atoms with Crippen LogP contribution in [0.25, 0.3) is 0 Å². The van der Waals surface area contributed by atoms with Crippen LogP contribution in [0.2, 0.25) is 0 Å².